The molecule has 22 heavy (non-hydrogen) atoms. The van der Waals surface area contributed by atoms with Crippen LogP contribution in [0.25, 0.3) is 0 Å². The Morgan fingerprint density at radius 3 is 2.36 bits per heavy atom. The fourth-order valence-corrected chi connectivity index (χ4v) is 4.00. The molecular formula is C17H28O4Si. The van der Waals surface area contributed by atoms with Crippen LogP contribution in [0.1, 0.15) is 47.1 Å². The monoisotopic (exact) mass is 324 g/mol. The van der Waals surface area contributed by atoms with E-state index >= 15 is 0 Å². The van der Waals surface area contributed by atoms with Crippen molar-refractivity contribution >= 4 is 14.5 Å². The first-order chi connectivity index (χ1) is 10.3. The smallest absolute Gasteiger partial charge is 0.355 e. The summed E-state index contributed by atoms with van der Waals surface area (Å²) in [5.41, 5.74) is 0.966. The maximum absolute atomic E-state index is 6.15. The van der Waals surface area contributed by atoms with Gasteiger partial charge >= 0.3 is 9.28 Å². The van der Waals surface area contributed by atoms with Crippen molar-refractivity contribution in [3.8, 4) is 5.75 Å². The maximum atomic E-state index is 6.15. The van der Waals surface area contributed by atoms with Crippen molar-refractivity contribution in [1.82, 2.24) is 0 Å². The van der Waals surface area contributed by atoms with Gasteiger partial charge in [0.2, 0.25) is 5.79 Å². The average Bonchev–Trinajstić information content (AvgIpc) is 2.45. The van der Waals surface area contributed by atoms with Crippen molar-refractivity contribution in [2.45, 2.75) is 53.9 Å². The Morgan fingerprint density at radius 1 is 1.18 bits per heavy atom. The highest BCUT2D eigenvalue weighted by Gasteiger charge is 2.44. The number of benzene rings is 1. The van der Waals surface area contributed by atoms with Gasteiger partial charge in [-0.3, -0.25) is 0 Å². The van der Waals surface area contributed by atoms with Gasteiger partial charge in [0, 0.05) is 31.1 Å². The van der Waals surface area contributed by atoms with E-state index in [1.807, 2.05) is 26.8 Å². The molecule has 1 aliphatic rings. The van der Waals surface area contributed by atoms with Crippen LogP contribution >= 0.6 is 0 Å². The molecule has 1 unspecified atom stereocenters. The van der Waals surface area contributed by atoms with Gasteiger partial charge < -0.3 is 18.3 Å². The molecule has 1 atom stereocenters. The lowest BCUT2D eigenvalue weighted by molar-refractivity contribution is -0.249. The van der Waals surface area contributed by atoms with E-state index in [0.717, 1.165) is 16.5 Å². The van der Waals surface area contributed by atoms with Gasteiger partial charge in [0.05, 0.1) is 6.61 Å². The molecule has 1 heterocycles. The summed E-state index contributed by atoms with van der Waals surface area (Å²) in [6.07, 6.45) is 0. The first-order valence-corrected chi connectivity index (χ1v) is 9.51. The summed E-state index contributed by atoms with van der Waals surface area (Å²) in [6, 6.07) is 6.20. The second-order valence-electron chi connectivity index (χ2n) is 6.70. The van der Waals surface area contributed by atoms with Gasteiger partial charge in [-0.25, -0.2) is 0 Å². The Morgan fingerprint density at radius 2 is 1.82 bits per heavy atom. The Bertz CT molecular complexity index is 506. The van der Waals surface area contributed by atoms with Crippen molar-refractivity contribution in [2.75, 3.05) is 13.2 Å². The third kappa shape index (κ3) is 3.54. The van der Waals surface area contributed by atoms with Crippen LogP contribution in [0.5, 0.6) is 5.75 Å². The quantitative estimate of drug-likeness (QED) is 0.781. The molecule has 0 bridgehead atoms. The Labute approximate surface area is 135 Å². The van der Waals surface area contributed by atoms with Crippen molar-refractivity contribution < 1.29 is 18.3 Å². The Kier molecular flexibility index (Phi) is 5.32. The fraction of sp³-hybridized carbons (Fsp3) is 0.647. The molecule has 0 spiro atoms. The summed E-state index contributed by atoms with van der Waals surface area (Å²) in [6.45, 7) is 14.3. The summed E-state index contributed by atoms with van der Waals surface area (Å²) in [5.74, 6) is 0.284. The highest BCUT2D eigenvalue weighted by molar-refractivity contribution is 6.61. The number of ether oxygens (including phenoxy) is 2. The van der Waals surface area contributed by atoms with E-state index in [2.05, 4.69) is 32.9 Å². The van der Waals surface area contributed by atoms with E-state index in [1.54, 1.807) is 0 Å². The van der Waals surface area contributed by atoms with Crippen LogP contribution in [0, 0.1) is 5.41 Å². The van der Waals surface area contributed by atoms with Crippen LogP contribution in [-0.4, -0.2) is 28.3 Å². The van der Waals surface area contributed by atoms with Gasteiger partial charge in [0.15, 0.2) is 0 Å². The van der Waals surface area contributed by atoms with E-state index in [-0.39, 0.29) is 5.41 Å². The molecule has 0 amide bonds. The molecule has 4 nitrogen and oxygen atoms in total. The third-order valence-corrected chi connectivity index (χ3v) is 6.34. The minimum absolute atomic E-state index is 0.0999. The molecule has 1 aromatic carbocycles. The average molecular weight is 324 g/mol. The number of hydrogen-bond acceptors (Lipinski definition) is 4. The molecule has 0 aliphatic carbocycles. The van der Waals surface area contributed by atoms with E-state index in [1.165, 1.54) is 0 Å². The molecule has 124 valence electrons. The summed E-state index contributed by atoms with van der Waals surface area (Å²) < 4.78 is 23.8. The minimum atomic E-state index is -1.82. The van der Waals surface area contributed by atoms with Crippen molar-refractivity contribution in [2.24, 2.45) is 5.41 Å². The predicted octanol–water partition coefficient (Wildman–Crippen LogP) is 2.86. The van der Waals surface area contributed by atoms with Crippen LogP contribution in [0.3, 0.4) is 0 Å². The summed E-state index contributed by atoms with van der Waals surface area (Å²) in [5, 5.41) is 1.13. The highest BCUT2D eigenvalue weighted by Crippen LogP contribution is 2.40. The molecule has 1 aliphatic heterocycles. The molecule has 1 aromatic rings. The minimum Gasteiger partial charge on any atom is -0.462 e. The molecule has 0 saturated carbocycles. The van der Waals surface area contributed by atoms with Gasteiger partial charge in [-0.2, -0.15) is 0 Å². The van der Waals surface area contributed by atoms with Gasteiger partial charge in [-0.05, 0) is 31.2 Å². The number of hydrogen-bond donors (Lipinski definition) is 0. The zero-order valence-electron chi connectivity index (χ0n) is 14.6. The second kappa shape index (κ2) is 6.70. The van der Waals surface area contributed by atoms with Crippen molar-refractivity contribution in [3.63, 3.8) is 0 Å². The highest BCUT2D eigenvalue weighted by atomic mass is 28.3. The van der Waals surface area contributed by atoms with Gasteiger partial charge in [-0.1, -0.05) is 26.8 Å². The standard InChI is InChI=1S/C17H28O4Si/c1-7-19-22(20-8-2)14-9-10-15-13(11-14)12-18-17(6,21-15)16(3,4)5/h9-11,22H,7-8,12H2,1-6H3. The molecule has 0 saturated heterocycles. The zero-order chi connectivity index (χ0) is 16.4. The summed E-state index contributed by atoms with van der Waals surface area (Å²) in [7, 11) is -1.82. The number of rotatable bonds is 5. The topological polar surface area (TPSA) is 36.9 Å². The first kappa shape index (κ1) is 17.5. The normalized spacial score (nSPS) is 21.6. The van der Waals surface area contributed by atoms with E-state index in [0.29, 0.717) is 19.8 Å². The molecule has 0 N–H and O–H groups in total. The zero-order valence-corrected chi connectivity index (χ0v) is 15.7. The number of fused-ring (bicyclic) bond motifs is 1. The lowest BCUT2D eigenvalue weighted by Gasteiger charge is -2.44. The lowest BCUT2D eigenvalue weighted by Crippen LogP contribution is -2.50. The fourth-order valence-electron chi connectivity index (χ4n) is 2.33. The predicted molar refractivity (Wildman–Crippen MR) is 89.8 cm³/mol. The molecular weight excluding hydrogens is 296 g/mol. The van der Waals surface area contributed by atoms with E-state index < -0.39 is 15.1 Å². The molecule has 0 radical (unpaired) electrons. The van der Waals surface area contributed by atoms with Crippen LogP contribution in [0.15, 0.2) is 18.2 Å². The molecule has 0 fully saturated rings. The second-order valence-corrected chi connectivity index (χ2v) is 8.69. The first-order valence-electron chi connectivity index (χ1n) is 7.99. The largest absolute Gasteiger partial charge is 0.462 e. The molecule has 5 heteroatoms. The summed E-state index contributed by atoms with van der Waals surface area (Å²) >= 11 is 0. The van der Waals surface area contributed by atoms with Gasteiger partial charge in [0.25, 0.3) is 0 Å². The van der Waals surface area contributed by atoms with Crippen LogP contribution < -0.4 is 9.92 Å². The van der Waals surface area contributed by atoms with E-state index in [4.69, 9.17) is 18.3 Å². The van der Waals surface area contributed by atoms with E-state index in [9.17, 15) is 0 Å². The Hall–Kier alpha value is -0.883. The van der Waals surface area contributed by atoms with Crippen LogP contribution in [0.4, 0.5) is 0 Å². The molecule has 0 aromatic heterocycles. The maximum Gasteiger partial charge on any atom is 0.355 e. The molecule has 2 rings (SSSR count). The van der Waals surface area contributed by atoms with Crippen molar-refractivity contribution in [3.05, 3.63) is 23.8 Å². The van der Waals surface area contributed by atoms with Crippen molar-refractivity contribution in [1.29, 1.82) is 0 Å². The third-order valence-electron chi connectivity index (χ3n) is 4.16. The SMILES string of the molecule is CCO[SiH](OCC)c1ccc2c(c1)COC(C)(C(C)(C)C)O2. The Balaban J connectivity index is 2.24. The van der Waals surface area contributed by atoms with Crippen LogP contribution in [0.2, 0.25) is 0 Å². The van der Waals surface area contributed by atoms with Gasteiger partial charge in [0.1, 0.15) is 5.75 Å². The van der Waals surface area contributed by atoms with Gasteiger partial charge in [-0.15, -0.1) is 0 Å². The van der Waals surface area contributed by atoms with Crippen LogP contribution in [-0.2, 0) is 20.2 Å². The lowest BCUT2D eigenvalue weighted by atomic mass is 9.86. The summed E-state index contributed by atoms with van der Waals surface area (Å²) in [4.78, 5) is 0.